The summed E-state index contributed by atoms with van der Waals surface area (Å²) in [5.74, 6) is 1.42. The summed E-state index contributed by atoms with van der Waals surface area (Å²) >= 11 is 7.09. The molecule has 1 aliphatic rings. The average molecular weight is 417 g/mol. The Kier molecular flexibility index (Phi) is 4.24. The molecule has 5 nitrogen and oxygen atoms in total. The van der Waals surface area contributed by atoms with Crippen LogP contribution in [-0.2, 0) is 13.0 Å². The van der Waals surface area contributed by atoms with Crippen LogP contribution in [0.5, 0.6) is 11.5 Å². The average Bonchev–Trinajstić information content (AvgIpc) is 2.91. The molecule has 112 valence electrons. The Morgan fingerprint density at radius 2 is 1.95 bits per heavy atom. The van der Waals surface area contributed by atoms with Crippen molar-refractivity contribution >= 4 is 31.9 Å². The lowest BCUT2D eigenvalue weighted by atomic mass is 10.0. The second kappa shape index (κ2) is 5.98. The second-order valence-corrected chi connectivity index (χ2v) is 6.39. The summed E-state index contributed by atoms with van der Waals surface area (Å²) < 4.78 is 12.6. The van der Waals surface area contributed by atoms with E-state index in [1.54, 1.807) is 14.2 Å². The Morgan fingerprint density at radius 3 is 2.67 bits per heavy atom. The summed E-state index contributed by atoms with van der Waals surface area (Å²) in [5, 5.41) is 11.0. The number of methoxy groups -OCH3 is 2. The minimum absolute atomic E-state index is 0.707. The predicted octanol–water partition coefficient (Wildman–Crippen LogP) is 3.26. The SMILES string of the molecule is COc1c(Br)cc(-c2n[nH]c3c2CNCC3)c(OC)c1Br. The summed E-state index contributed by atoms with van der Waals surface area (Å²) in [6, 6.07) is 1.98. The Balaban J connectivity index is 2.21. The fraction of sp³-hybridized carbons (Fsp3) is 0.357. The van der Waals surface area contributed by atoms with Gasteiger partial charge in [0.05, 0.1) is 18.7 Å². The van der Waals surface area contributed by atoms with Gasteiger partial charge in [0.15, 0.2) is 5.75 Å². The smallest absolute Gasteiger partial charge is 0.151 e. The molecule has 0 bridgehead atoms. The Labute approximate surface area is 139 Å². The van der Waals surface area contributed by atoms with E-state index in [-0.39, 0.29) is 0 Å². The maximum Gasteiger partial charge on any atom is 0.151 e. The van der Waals surface area contributed by atoms with E-state index in [2.05, 4.69) is 47.4 Å². The van der Waals surface area contributed by atoms with E-state index in [1.165, 1.54) is 11.3 Å². The Morgan fingerprint density at radius 1 is 1.19 bits per heavy atom. The number of benzene rings is 1. The standard InChI is InChI=1S/C14H15Br2N3O2/c1-20-13-7(5-9(15)14(21-2)11(13)16)12-8-6-17-4-3-10(8)18-19-12/h5,17H,3-4,6H2,1-2H3,(H,18,19). The van der Waals surface area contributed by atoms with E-state index in [1.807, 2.05) is 6.07 Å². The van der Waals surface area contributed by atoms with Gasteiger partial charge in [-0.05, 0) is 37.9 Å². The lowest BCUT2D eigenvalue weighted by molar-refractivity contribution is 0.388. The molecule has 0 unspecified atom stereocenters. The summed E-state index contributed by atoms with van der Waals surface area (Å²) in [6.45, 7) is 1.79. The van der Waals surface area contributed by atoms with Crippen LogP contribution >= 0.6 is 31.9 Å². The molecule has 21 heavy (non-hydrogen) atoms. The molecule has 2 heterocycles. The highest BCUT2D eigenvalue weighted by Gasteiger charge is 2.24. The van der Waals surface area contributed by atoms with Crippen molar-refractivity contribution in [3.63, 3.8) is 0 Å². The van der Waals surface area contributed by atoms with Gasteiger partial charge in [-0.15, -0.1) is 0 Å². The van der Waals surface area contributed by atoms with Crippen LogP contribution in [0.2, 0.25) is 0 Å². The van der Waals surface area contributed by atoms with E-state index >= 15 is 0 Å². The third-order valence-corrected chi connectivity index (χ3v) is 4.91. The minimum atomic E-state index is 0.707. The largest absolute Gasteiger partial charge is 0.495 e. The van der Waals surface area contributed by atoms with Crippen LogP contribution in [0.25, 0.3) is 11.3 Å². The molecule has 1 aromatic heterocycles. The Hall–Kier alpha value is -1.05. The van der Waals surface area contributed by atoms with E-state index in [0.717, 1.165) is 45.5 Å². The van der Waals surface area contributed by atoms with Crippen molar-refractivity contribution in [1.29, 1.82) is 0 Å². The number of H-pyrrole nitrogens is 1. The van der Waals surface area contributed by atoms with Crippen LogP contribution in [0.1, 0.15) is 11.3 Å². The van der Waals surface area contributed by atoms with Crippen LogP contribution in [0.3, 0.4) is 0 Å². The second-order valence-electron chi connectivity index (χ2n) is 4.74. The highest BCUT2D eigenvalue weighted by atomic mass is 79.9. The third kappa shape index (κ3) is 2.47. The van der Waals surface area contributed by atoms with Gasteiger partial charge in [-0.3, -0.25) is 5.10 Å². The van der Waals surface area contributed by atoms with Crippen LogP contribution in [-0.4, -0.2) is 31.0 Å². The Bertz CT molecular complexity index is 685. The molecule has 3 rings (SSSR count). The maximum atomic E-state index is 5.57. The van der Waals surface area contributed by atoms with Crippen LogP contribution in [0.15, 0.2) is 15.0 Å². The first-order valence-electron chi connectivity index (χ1n) is 6.54. The van der Waals surface area contributed by atoms with Crippen molar-refractivity contribution in [3.05, 3.63) is 26.3 Å². The predicted molar refractivity (Wildman–Crippen MR) is 87.9 cm³/mol. The molecular weight excluding hydrogens is 402 g/mol. The number of nitrogens with one attached hydrogen (secondary N) is 2. The van der Waals surface area contributed by atoms with Crippen molar-refractivity contribution in [2.24, 2.45) is 0 Å². The monoisotopic (exact) mass is 415 g/mol. The van der Waals surface area contributed by atoms with E-state index in [0.29, 0.717) is 5.75 Å². The summed E-state index contributed by atoms with van der Waals surface area (Å²) in [4.78, 5) is 0. The number of fused-ring (bicyclic) bond motifs is 1. The molecule has 0 aliphatic carbocycles. The normalized spacial score (nSPS) is 13.9. The molecular formula is C14H15Br2N3O2. The molecule has 0 fully saturated rings. The fourth-order valence-electron chi connectivity index (χ4n) is 2.59. The number of aromatic nitrogens is 2. The van der Waals surface area contributed by atoms with Crippen molar-refractivity contribution < 1.29 is 9.47 Å². The highest BCUT2D eigenvalue weighted by Crippen LogP contribution is 2.46. The molecule has 0 saturated carbocycles. The number of ether oxygens (including phenoxy) is 2. The van der Waals surface area contributed by atoms with Gasteiger partial charge in [-0.2, -0.15) is 5.10 Å². The number of nitrogens with zero attached hydrogens (tertiary/aromatic N) is 1. The summed E-state index contributed by atoms with van der Waals surface area (Å²) in [7, 11) is 3.28. The van der Waals surface area contributed by atoms with Crippen molar-refractivity contribution in [3.8, 4) is 22.8 Å². The van der Waals surface area contributed by atoms with Gasteiger partial charge in [0.25, 0.3) is 0 Å². The van der Waals surface area contributed by atoms with Crippen molar-refractivity contribution in [1.82, 2.24) is 15.5 Å². The van der Waals surface area contributed by atoms with Gasteiger partial charge in [0.2, 0.25) is 0 Å². The molecule has 2 aromatic rings. The quantitative estimate of drug-likeness (QED) is 0.806. The van der Waals surface area contributed by atoms with E-state index < -0.39 is 0 Å². The first-order valence-corrected chi connectivity index (χ1v) is 8.13. The minimum Gasteiger partial charge on any atom is -0.495 e. The zero-order valence-electron chi connectivity index (χ0n) is 11.7. The van der Waals surface area contributed by atoms with Gasteiger partial charge in [0.1, 0.15) is 15.9 Å². The van der Waals surface area contributed by atoms with E-state index in [4.69, 9.17) is 9.47 Å². The molecule has 0 spiro atoms. The topological polar surface area (TPSA) is 59.2 Å². The zero-order chi connectivity index (χ0) is 15.0. The van der Waals surface area contributed by atoms with Crippen LogP contribution < -0.4 is 14.8 Å². The van der Waals surface area contributed by atoms with E-state index in [9.17, 15) is 0 Å². The molecule has 0 radical (unpaired) electrons. The molecule has 0 atom stereocenters. The van der Waals surface area contributed by atoms with Gasteiger partial charge in [0, 0.05) is 36.3 Å². The lowest BCUT2D eigenvalue weighted by Crippen LogP contribution is -2.23. The third-order valence-electron chi connectivity index (χ3n) is 3.60. The molecule has 1 aromatic carbocycles. The molecule has 0 saturated heterocycles. The highest BCUT2D eigenvalue weighted by molar-refractivity contribution is 9.11. The molecule has 1 aliphatic heterocycles. The molecule has 7 heteroatoms. The van der Waals surface area contributed by atoms with Crippen LogP contribution in [0.4, 0.5) is 0 Å². The first kappa shape index (κ1) is 14.9. The van der Waals surface area contributed by atoms with Crippen molar-refractivity contribution in [2.45, 2.75) is 13.0 Å². The maximum absolute atomic E-state index is 5.57. The first-order chi connectivity index (χ1) is 10.2. The number of aromatic amines is 1. The summed E-state index contributed by atoms with van der Waals surface area (Å²) in [6.07, 6.45) is 0.961. The van der Waals surface area contributed by atoms with Crippen molar-refractivity contribution in [2.75, 3.05) is 20.8 Å². The number of hydrogen-bond donors (Lipinski definition) is 2. The fourth-order valence-corrected chi connectivity index (χ4v) is 4.20. The number of hydrogen-bond acceptors (Lipinski definition) is 4. The van der Waals surface area contributed by atoms with Gasteiger partial charge in [-0.1, -0.05) is 0 Å². The summed E-state index contributed by atoms with van der Waals surface area (Å²) in [5.41, 5.74) is 4.23. The molecule has 0 amide bonds. The number of rotatable bonds is 3. The van der Waals surface area contributed by atoms with Gasteiger partial charge < -0.3 is 14.8 Å². The van der Waals surface area contributed by atoms with Gasteiger partial charge >= 0.3 is 0 Å². The molecule has 2 N–H and O–H groups in total. The van der Waals surface area contributed by atoms with Gasteiger partial charge in [-0.25, -0.2) is 0 Å². The van der Waals surface area contributed by atoms with Crippen LogP contribution in [0, 0.1) is 0 Å². The lowest BCUT2D eigenvalue weighted by Gasteiger charge is -2.17. The number of halogens is 2. The zero-order valence-corrected chi connectivity index (χ0v) is 14.9.